The molecule has 4 aromatic rings. The van der Waals surface area contributed by atoms with Crippen LogP contribution in [0.5, 0.6) is 0 Å². The number of thiophene rings is 1. The smallest absolute Gasteiger partial charge is 0.173 e. The molecular weight excluding hydrogens is 349 g/mol. The van der Waals surface area contributed by atoms with Crippen LogP contribution in [0.3, 0.4) is 0 Å². The summed E-state index contributed by atoms with van der Waals surface area (Å²) in [6.45, 7) is 5.78. The number of halogens is 1. The zero-order valence-corrected chi connectivity index (χ0v) is 15.2. The molecule has 7 heteroatoms. The summed E-state index contributed by atoms with van der Waals surface area (Å²) in [5.41, 5.74) is 2.02. The lowest BCUT2D eigenvalue weighted by Crippen LogP contribution is -2.43. The average Bonchev–Trinajstić information content (AvgIpc) is 3.24. The van der Waals surface area contributed by atoms with Crippen LogP contribution in [0.1, 0.15) is 5.69 Å². The molecule has 0 atom stereocenters. The number of aromatic nitrogens is 3. The van der Waals surface area contributed by atoms with Gasteiger partial charge in [0.05, 0.1) is 5.69 Å². The van der Waals surface area contributed by atoms with Crippen LogP contribution in [-0.2, 0) is 0 Å². The van der Waals surface area contributed by atoms with E-state index in [2.05, 4.69) is 33.4 Å². The van der Waals surface area contributed by atoms with Crippen LogP contribution < -0.4 is 10.2 Å². The minimum atomic E-state index is -0.303. The van der Waals surface area contributed by atoms with E-state index in [-0.39, 0.29) is 5.82 Å². The Balaban J connectivity index is 1.57. The predicted molar refractivity (Wildman–Crippen MR) is 104 cm³/mol. The minimum absolute atomic E-state index is 0.303. The molecule has 132 valence electrons. The number of nitrogens with zero attached hydrogens (tertiary/aromatic N) is 4. The molecule has 0 bridgehead atoms. The van der Waals surface area contributed by atoms with E-state index in [1.165, 1.54) is 0 Å². The molecule has 0 spiro atoms. The zero-order valence-electron chi connectivity index (χ0n) is 14.4. The van der Waals surface area contributed by atoms with Gasteiger partial charge in [-0.2, -0.15) is 0 Å². The summed E-state index contributed by atoms with van der Waals surface area (Å²) in [6, 6.07) is 7.83. The SMILES string of the molecule is Cc1cn2cc(-c3cc4ccc(N5CCNCC5)nc4s3)cc(F)c2n1. The van der Waals surface area contributed by atoms with Crippen LogP contribution in [0.4, 0.5) is 10.2 Å². The van der Waals surface area contributed by atoms with E-state index >= 15 is 0 Å². The van der Waals surface area contributed by atoms with Crippen molar-refractivity contribution in [3.05, 3.63) is 48.2 Å². The maximum absolute atomic E-state index is 14.4. The van der Waals surface area contributed by atoms with Gasteiger partial charge in [0.25, 0.3) is 0 Å². The van der Waals surface area contributed by atoms with Gasteiger partial charge < -0.3 is 14.6 Å². The van der Waals surface area contributed by atoms with Crippen molar-refractivity contribution in [2.45, 2.75) is 6.92 Å². The second kappa shape index (κ2) is 6.03. The van der Waals surface area contributed by atoms with Crippen molar-refractivity contribution in [1.82, 2.24) is 19.7 Å². The van der Waals surface area contributed by atoms with Gasteiger partial charge in [-0.25, -0.2) is 14.4 Å². The highest BCUT2D eigenvalue weighted by Gasteiger charge is 2.14. The van der Waals surface area contributed by atoms with E-state index in [9.17, 15) is 4.39 Å². The molecule has 26 heavy (non-hydrogen) atoms. The van der Waals surface area contributed by atoms with Crippen molar-refractivity contribution < 1.29 is 4.39 Å². The molecule has 1 aliphatic heterocycles. The monoisotopic (exact) mass is 367 g/mol. The molecule has 5 heterocycles. The van der Waals surface area contributed by atoms with Crippen LogP contribution in [0.2, 0.25) is 0 Å². The summed E-state index contributed by atoms with van der Waals surface area (Å²) in [5.74, 6) is 0.710. The number of piperazine rings is 1. The van der Waals surface area contributed by atoms with Crippen LogP contribution in [-0.4, -0.2) is 40.5 Å². The lowest BCUT2D eigenvalue weighted by atomic mass is 10.2. The Hall–Kier alpha value is -2.51. The molecule has 0 aliphatic carbocycles. The molecule has 5 rings (SSSR count). The van der Waals surface area contributed by atoms with Crippen molar-refractivity contribution in [2.24, 2.45) is 0 Å². The molecule has 0 saturated carbocycles. The number of nitrogens with one attached hydrogen (secondary N) is 1. The maximum Gasteiger partial charge on any atom is 0.173 e. The van der Waals surface area contributed by atoms with Crippen molar-refractivity contribution >= 4 is 33.0 Å². The quantitative estimate of drug-likeness (QED) is 0.589. The fraction of sp³-hybridized carbons (Fsp3) is 0.263. The van der Waals surface area contributed by atoms with E-state index in [0.717, 1.165) is 58.3 Å². The van der Waals surface area contributed by atoms with Gasteiger partial charge in [0, 0.05) is 54.4 Å². The molecule has 1 fully saturated rings. The number of anilines is 1. The molecule has 4 aromatic heterocycles. The highest BCUT2D eigenvalue weighted by atomic mass is 32.1. The van der Waals surface area contributed by atoms with Gasteiger partial charge >= 0.3 is 0 Å². The maximum atomic E-state index is 14.4. The standard InChI is InChI=1S/C19H18FN5S/c1-12-10-25-11-14(8-15(20)18(25)22-12)16-9-13-2-3-17(23-19(13)26-16)24-6-4-21-5-7-24/h2-3,8-11,21H,4-7H2,1H3. The van der Waals surface area contributed by atoms with E-state index in [4.69, 9.17) is 4.98 Å². The van der Waals surface area contributed by atoms with Crippen molar-refractivity contribution in [2.75, 3.05) is 31.1 Å². The fourth-order valence-corrected chi connectivity index (χ4v) is 4.44. The van der Waals surface area contributed by atoms with Crippen molar-refractivity contribution in [1.29, 1.82) is 0 Å². The largest absolute Gasteiger partial charge is 0.354 e. The molecule has 0 aromatic carbocycles. The lowest BCUT2D eigenvalue weighted by Gasteiger charge is -2.28. The number of hydrogen-bond acceptors (Lipinski definition) is 5. The second-order valence-electron chi connectivity index (χ2n) is 6.60. The molecule has 5 nitrogen and oxygen atoms in total. The Morgan fingerprint density at radius 3 is 2.81 bits per heavy atom. The summed E-state index contributed by atoms with van der Waals surface area (Å²) in [4.78, 5) is 13.4. The third-order valence-corrected chi connectivity index (χ3v) is 5.81. The summed E-state index contributed by atoms with van der Waals surface area (Å²) in [5, 5.41) is 4.45. The first-order valence-electron chi connectivity index (χ1n) is 8.69. The Morgan fingerprint density at radius 1 is 1.12 bits per heavy atom. The van der Waals surface area contributed by atoms with Gasteiger partial charge in [0.1, 0.15) is 10.6 Å². The van der Waals surface area contributed by atoms with E-state index < -0.39 is 0 Å². The summed E-state index contributed by atoms with van der Waals surface area (Å²) >= 11 is 1.60. The number of aryl methyl sites for hydroxylation is 1. The van der Waals surface area contributed by atoms with Crippen molar-refractivity contribution in [3.8, 4) is 10.4 Å². The molecule has 1 aliphatic rings. The van der Waals surface area contributed by atoms with Gasteiger partial charge in [0.15, 0.2) is 11.5 Å². The predicted octanol–water partition coefficient (Wildman–Crippen LogP) is 3.47. The fourth-order valence-electron chi connectivity index (χ4n) is 3.43. The van der Waals surface area contributed by atoms with Gasteiger partial charge in [-0.1, -0.05) is 0 Å². The lowest BCUT2D eigenvalue weighted by molar-refractivity contribution is 0.585. The molecule has 1 saturated heterocycles. The zero-order chi connectivity index (χ0) is 17.7. The Kier molecular flexibility index (Phi) is 3.65. The molecule has 0 radical (unpaired) electrons. The Morgan fingerprint density at radius 2 is 1.96 bits per heavy atom. The van der Waals surface area contributed by atoms with Gasteiger partial charge in [-0.05, 0) is 31.2 Å². The molecular formula is C19H18FN5S. The summed E-state index contributed by atoms with van der Waals surface area (Å²) in [6.07, 6.45) is 3.77. The second-order valence-corrected chi connectivity index (χ2v) is 7.63. The van der Waals surface area contributed by atoms with E-state index in [1.54, 1.807) is 21.8 Å². The Bertz CT molecular complexity index is 1110. The van der Waals surface area contributed by atoms with Crippen LogP contribution >= 0.6 is 11.3 Å². The first kappa shape index (κ1) is 15.7. The Labute approximate surface area is 154 Å². The van der Waals surface area contributed by atoms with Crippen LogP contribution in [0.25, 0.3) is 26.3 Å². The number of pyridine rings is 2. The number of fused-ring (bicyclic) bond motifs is 2. The summed E-state index contributed by atoms with van der Waals surface area (Å²) < 4.78 is 16.2. The molecule has 0 unspecified atom stereocenters. The average molecular weight is 367 g/mol. The summed E-state index contributed by atoms with van der Waals surface area (Å²) in [7, 11) is 0. The van der Waals surface area contributed by atoms with Gasteiger partial charge in [-0.3, -0.25) is 0 Å². The number of hydrogen-bond donors (Lipinski definition) is 1. The highest BCUT2D eigenvalue weighted by molar-refractivity contribution is 7.21. The number of imidazole rings is 1. The third-order valence-electron chi connectivity index (χ3n) is 4.72. The topological polar surface area (TPSA) is 45.5 Å². The number of rotatable bonds is 2. The first-order valence-corrected chi connectivity index (χ1v) is 9.50. The normalized spacial score (nSPS) is 15.2. The van der Waals surface area contributed by atoms with Gasteiger partial charge in [-0.15, -0.1) is 11.3 Å². The highest BCUT2D eigenvalue weighted by Crippen LogP contribution is 2.34. The third kappa shape index (κ3) is 2.64. The first-order chi connectivity index (χ1) is 12.7. The van der Waals surface area contributed by atoms with Crippen molar-refractivity contribution in [3.63, 3.8) is 0 Å². The van der Waals surface area contributed by atoms with E-state index in [0.29, 0.717) is 5.65 Å². The van der Waals surface area contributed by atoms with Gasteiger partial charge in [0.2, 0.25) is 0 Å². The van der Waals surface area contributed by atoms with Crippen LogP contribution in [0.15, 0.2) is 36.7 Å². The van der Waals surface area contributed by atoms with E-state index in [1.807, 2.05) is 19.3 Å². The molecule has 1 N–H and O–H groups in total. The minimum Gasteiger partial charge on any atom is -0.354 e. The van der Waals surface area contributed by atoms with Crippen LogP contribution in [0, 0.1) is 12.7 Å². The molecule has 0 amide bonds.